The van der Waals surface area contributed by atoms with E-state index in [1.807, 2.05) is 12.1 Å². The number of hydrogen-bond donors (Lipinski definition) is 2. The number of amides is 2. The van der Waals surface area contributed by atoms with Crippen molar-refractivity contribution in [3.8, 4) is 0 Å². The Labute approximate surface area is 274 Å². The van der Waals surface area contributed by atoms with E-state index in [1.165, 1.54) is 18.2 Å². The Bertz CT molecular complexity index is 1820. The zero-order chi connectivity index (χ0) is 29.5. The van der Waals surface area contributed by atoms with Crippen LogP contribution in [0.15, 0.2) is 70.2 Å². The fourth-order valence-corrected chi connectivity index (χ4v) is 6.33. The second-order valence-corrected chi connectivity index (χ2v) is 12.6. The Morgan fingerprint density at radius 1 is 1.10 bits per heavy atom. The number of halogens is 2. The third-order valence-corrected chi connectivity index (χ3v) is 8.82. The monoisotopic (exact) mass is 637 g/mol. The van der Waals surface area contributed by atoms with Gasteiger partial charge >= 0.3 is 5.97 Å². The first kappa shape index (κ1) is 32.1. The Morgan fingerprint density at radius 2 is 1.86 bits per heavy atom. The van der Waals surface area contributed by atoms with Crippen LogP contribution in [-0.2, 0) is 34.0 Å². The number of sulfone groups is 1. The number of carbonyl (C=O) groups is 3. The van der Waals surface area contributed by atoms with Crippen LogP contribution in [0.4, 0.5) is 0 Å². The molecule has 13 heteroatoms. The van der Waals surface area contributed by atoms with Gasteiger partial charge in [-0.1, -0.05) is 41.4 Å². The molecule has 3 aromatic carbocycles. The number of nitrogens with one attached hydrogen (secondary N) is 1. The second-order valence-electron chi connectivity index (χ2n) is 9.82. The predicted octanol–water partition coefficient (Wildman–Crippen LogP) is 4.39. The number of carbonyl (C=O) groups excluding carboxylic acids is 2. The number of rotatable bonds is 7. The molecule has 5 rings (SSSR count). The number of benzene rings is 3. The van der Waals surface area contributed by atoms with Crippen molar-refractivity contribution >= 4 is 91.3 Å². The molecule has 42 heavy (non-hydrogen) atoms. The molecule has 2 N–H and O–H groups in total. The van der Waals surface area contributed by atoms with Crippen LogP contribution in [0.25, 0.3) is 11.0 Å². The van der Waals surface area contributed by atoms with Crippen LogP contribution < -0.4 is 5.32 Å². The van der Waals surface area contributed by atoms with Crippen molar-refractivity contribution in [2.75, 3.05) is 12.8 Å². The van der Waals surface area contributed by atoms with Crippen LogP contribution in [0.5, 0.6) is 0 Å². The van der Waals surface area contributed by atoms with Gasteiger partial charge in [-0.15, -0.1) is 0 Å². The molecule has 0 saturated carbocycles. The summed E-state index contributed by atoms with van der Waals surface area (Å²) >= 11 is 13.1. The molecule has 1 aromatic heterocycles. The normalized spacial score (nSPS) is 13.6. The molecule has 0 spiro atoms. The standard InChI is InChI=1S/C29H24Cl2N2O7S.Na/c1-41(38,39)20-4-2-3-16(11-20)12-23(29(36)37)32-27(34)25-22(30)13-19-15-33(9-7-21(19)26(25)31)28(35)18-6-5-17-8-10-40-24(17)14-18;/h2-6,8,10-11,13-14,23H,7,9,12,15H2,1H3,(H,32,34)(H,36,37);/t23-;/m0./s1. The molecule has 0 aliphatic carbocycles. The molecular weight excluding hydrogens is 614 g/mol. The van der Waals surface area contributed by atoms with Crippen LogP contribution in [0.2, 0.25) is 10.0 Å². The molecule has 213 valence electrons. The van der Waals surface area contributed by atoms with E-state index in [-0.39, 0.29) is 68.9 Å². The van der Waals surface area contributed by atoms with Gasteiger partial charge in [-0.25, -0.2) is 13.2 Å². The zero-order valence-electron chi connectivity index (χ0n) is 22.7. The van der Waals surface area contributed by atoms with E-state index < -0.39 is 27.8 Å². The van der Waals surface area contributed by atoms with Gasteiger partial charge in [0.25, 0.3) is 11.8 Å². The molecule has 0 fully saturated rings. The van der Waals surface area contributed by atoms with E-state index >= 15 is 0 Å². The van der Waals surface area contributed by atoms with E-state index in [9.17, 15) is 27.9 Å². The summed E-state index contributed by atoms with van der Waals surface area (Å²) in [5, 5.41) is 13.2. The van der Waals surface area contributed by atoms with E-state index in [0.717, 1.165) is 11.6 Å². The average molecular weight is 638 g/mol. The van der Waals surface area contributed by atoms with Crippen LogP contribution in [0, 0.1) is 0 Å². The fraction of sp³-hybridized carbons (Fsp3) is 0.207. The summed E-state index contributed by atoms with van der Waals surface area (Å²) in [6.07, 6.45) is 2.81. The van der Waals surface area contributed by atoms with E-state index in [2.05, 4.69) is 5.32 Å². The maximum atomic E-state index is 13.2. The Morgan fingerprint density at radius 3 is 2.57 bits per heavy atom. The SMILES string of the molecule is CS(=O)(=O)c1cccc(C[C@H](NC(=O)c2c(Cl)cc3c(c2Cl)CCN(C(=O)c2ccc4ccoc4c2)C3)C(=O)O)c1.[Na]. The largest absolute Gasteiger partial charge is 0.480 e. The van der Waals surface area contributed by atoms with Crippen molar-refractivity contribution in [3.05, 3.63) is 98.7 Å². The van der Waals surface area contributed by atoms with E-state index in [0.29, 0.717) is 40.8 Å². The first-order chi connectivity index (χ1) is 19.4. The van der Waals surface area contributed by atoms with Crippen molar-refractivity contribution in [3.63, 3.8) is 0 Å². The first-order valence-corrected chi connectivity index (χ1v) is 15.2. The maximum Gasteiger partial charge on any atom is 0.326 e. The van der Waals surface area contributed by atoms with Gasteiger partial charge < -0.3 is 19.7 Å². The van der Waals surface area contributed by atoms with Crippen molar-refractivity contribution < 1.29 is 32.3 Å². The van der Waals surface area contributed by atoms with Gasteiger partial charge in [-0.05, 0) is 59.5 Å². The minimum Gasteiger partial charge on any atom is -0.480 e. The van der Waals surface area contributed by atoms with Crippen molar-refractivity contribution in [1.29, 1.82) is 0 Å². The van der Waals surface area contributed by atoms with Gasteiger partial charge in [0.1, 0.15) is 11.6 Å². The van der Waals surface area contributed by atoms with E-state index in [4.69, 9.17) is 27.6 Å². The van der Waals surface area contributed by atoms with Crippen LogP contribution in [-0.4, -0.2) is 84.6 Å². The zero-order valence-corrected chi connectivity index (χ0v) is 27.0. The Kier molecular flexibility index (Phi) is 9.76. The number of nitrogens with zero attached hydrogens (tertiary/aromatic N) is 1. The third-order valence-electron chi connectivity index (χ3n) is 6.99. The van der Waals surface area contributed by atoms with Crippen LogP contribution in [0.3, 0.4) is 0 Å². The third kappa shape index (κ3) is 6.69. The summed E-state index contributed by atoms with van der Waals surface area (Å²) in [4.78, 5) is 40.1. The first-order valence-electron chi connectivity index (χ1n) is 12.5. The number of fused-ring (bicyclic) bond motifs is 2. The van der Waals surface area contributed by atoms with Crippen molar-refractivity contribution in [2.24, 2.45) is 0 Å². The smallest absolute Gasteiger partial charge is 0.326 e. The number of carboxylic acids is 1. The van der Waals surface area contributed by atoms with Crippen molar-refractivity contribution in [2.45, 2.75) is 30.3 Å². The number of furan rings is 1. The molecule has 2 amide bonds. The number of aliphatic carboxylic acids is 1. The van der Waals surface area contributed by atoms with Gasteiger partial charge in [-0.2, -0.15) is 0 Å². The fourth-order valence-electron chi connectivity index (χ4n) is 4.87. The topological polar surface area (TPSA) is 134 Å². The Hall–Kier alpha value is -2.86. The number of carboxylic acid groups (broad SMARTS) is 1. The molecule has 2 heterocycles. The molecule has 4 aromatic rings. The minimum absolute atomic E-state index is 0. The summed E-state index contributed by atoms with van der Waals surface area (Å²) in [6.45, 7) is 0.568. The van der Waals surface area contributed by atoms with Crippen molar-refractivity contribution in [1.82, 2.24) is 10.2 Å². The van der Waals surface area contributed by atoms with Crippen LogP contribution >= 0.6 is 23.2 Å². The molecule has 1 atom stereocenters. The quantitative estimate of drug-likeness (QED) is 0.287. The van der Waals surface area contributed by atoms with Crippen LogP contribution in [0.1, 0.15) is 37.4 Å². The summed E-state index contributed by atoms with van der Waals surface area (Å²) in [7, 11) is -3.50. The molecule has 0 bridgehead atoms. The number of hydrogen-bond acceptors (Lipinski definition) is 6. The van der Waals surface area contributed by atoms with E-state index in [1.54, 1.807) is 35.4 Å². The molecule has 0 unspecified atom stereocenters. The van der Waals surface area contributed by atoms with Gasteiger partial charge in [0, 0.05) is 66.3 Å². The molecule has 1 radical (unpaired) electrons. The predicted molar refractivity (Wildman–Crippen MR) is 159 cm³/mol. The average Bonchev–Trinajstić information content (AvgIpc) is 3.39. The summed E-state index contributed by atoms with van der Waals surface area (Å²) in [5.41, 5.74) is 2.77. The maximum absolute atomic E-state index is 13.2. The molecule has 9 nitrogen and oxygen atoms in total. The molecular formula is C29H24Cl2N2NaO7S. The Balaban J connectivity index is 0.00000405. The molecule has 1 aliphatic heterocycles. The molecule has 0 saturated heterocycles. The summed E-state index contributed by atoms with van der Waals surface area (Å²) in [5.74, 6) is -2.28. The molecule has 1 aliphatic rings. The second kappa shape index (κ2) is 12.8. The summed E-state index contributed by atoms with van der Waals surface area (Å²) < 4.78 is 29.2. The van der Waals surface area contributed by atoms with Gasteiger partial charge in [-0.3, -0.25) is 9.59 Å². The minimum atomic E-state index is -3.50. The van der Waals surface area contributed by atoms with Gasteiger partial charge in [0.2, 0.25) is 0 Å². The van der Waals surface area contributed by atoms with Gasteiger partial charge in [0.05, 0.1) is 26.8 Å². The van der Waals surface area contributed by atoms with Gasteiger partial charge in [0.15, 0.2) is 9.84 Å². The summed E-state index contributed by atoms with van der Waals surface area (Å²) in [6, 6.07) is 13.1.